The van der Waals surface area contributed by atoms with E-state index in [0.717, 1.165) is 16.7 Å². The van der Waals surface area contributed by atoms with Crippen LogP contribution < -0.4 is 0 Å². The van der Waals surface area contributed by atoms with Gasteiger partial charge in [-0.25, -0.2) is 4.39 Å². The molecule has 1 aromatic carbocycles. The predicted octanol–water partition coefficient (Wildman–Crippen LogP) is 4.42. The molecule has 22 heavy (non-hydrogen) atoms. The fourth-order valence-electron chi connectivity index (χ4n) is 2.78. The second-order valence-electron chi connectivity index (χ2n) is 5.38. The summed E-state index contributed by atoms with van der Waals surface area (Å²) in [5.74, 6) is -0.258. The van der Waals surface area contributed by atoms with Gasteiger partial charge in [0.05, 0.1) is 0 Å². The van der Waals surface area contributed by atoms with Crippen molar-refractivity contribution in [1.29, 1.82) is 0 Å². The predicted molar refractivity (Wildman–Crippen MR) is 88.2 cm³/mol. The van der Waals surface area contributed by atoms with Crippen LogP contribution in [0.5, 0.6) is 0 Å². The number of benzene rings is 1. The van der Waals surface area contributed by atoms with Gasteiger partial charge in [-0.05, 0) is 49.1 Å². The van der Waals surface area contributed by atoms with Crippen molar-refractivity contribution in [3.8, 4) is 0 Å². The lowest BCUT2D eigenvalue weighted by atomic mass is 10.0. The highest BCUT2D eigenvalue weighted by Gasteiger charge is 2.30. The molecule has 2 rings (SSSR count). The first-order valence-electron chi connectivity index (χ1n) is 7.65. The third-order valence-corrected chi connectivity index (χ3v) is 3.77. The Kier molecular flexibility index (Phi) is 5.31. The van der Waals surface area contributed by atoms with Gasteiger partial charge in [-0.2, -0.15) is 0 Å². The van der Waals surface area contributed by atoms with Gasteiger partial charge in [-0.1, -0.05) is 37.3 Å². The molecule has 0 saturated heterocycles. The molecule has 0 bridgehead atoms. The number of fused-ring (bicyclic) bond motifs is 1. The third-order valence-electron chi connectivity index (χ3n) is 3.77. The lowest BCUT2D eigenvalue weighted by Gasteiger charge is -2.16. The first kappa shape index (κ1) is 16.2. The van der Waals surface area contributed by atoms with Crippen molar-refractivity contribution in [2.45, 2.75) is 33.7 Å². The molecule has 0 atom stereocenters. The van der Waals surface area contributed by atoms with Crippen LogP contribution in [0.3, 0.4) is 0 Å². The molecular formula is C19H22FNO. The van der Waals surface area contributed by atoms with Gasteiger partial charge in [0, 0.05) is 18.7 Å². The minimum atomic E-state index is -0.261. The van der Waals surface area contributed by atoms with Crippen LogP contribution in [-0.2, 0) is 13.0 Å². The van der Waals surface area contributed by atoms with Crippen LogP contribution >= 0.6 is 0 Å². The number of halogens is 1. The van der Waals surface area contributed by atoms with Crippen LogP contribution in [0.1, 0.15) is 42.3 Å². The maximum absolute atomic E-state index is 13.7. The maximum Gasteiger partial charge on any atom is 0.255 e. The van der Waals surface area contributed by atoms with Gasteiger partial charge < -0.3 is 4.90 Å². The van der Waals surface area contributed by atoms with E-state index in [1.807, 2.05) is 51.2 Å². The average Bonchev–Trinajstić information content (AvgIpc) is 2.80. The molecule has 0 aromatic heterocycles. The fourth-order valence-corrected chi connectivity index (χ4v) is 2.78. The lowest BCUT2D eigenvalue weighted by Crippen LogP contribution is -2.26. The van der Waals surface area contributed by atoms with E-state index in [4.69, 9.17) is 0 Å². The molecule has 0 N–H and O–H groups in total. The van der Waals surface area contributed by atoms with E-state index < -0.39 is 0 Å². The van der Waals surface area contributed by atoms with Gasteiger partial charge in [0.2, 0.25) is 0 Å². The fraction of sp³-hybridized carbons (Fsp3) is 0.316. The van der Waals surface area contributed by atoms with Crippen molar-refractivity contribution < 1.29 is 9.18 Å². The standard InChI is InChI=1S/C19H22FNO/c1-4-7-9-14(8-5-2)12-21-13-16-11-17(20)10-15(6-3)18(16)19(21)22/h4-5,7-11H,6,12-13H2,1-3H3/b7-4-,8-5-,14-9+. The summed E-state index contributed by atoms with van der Waals surface area (Å²) < 4.78 is 13.7. The van der Waals surface area contributed by atoms with Crippen LogP contribution in [0, 0.1) is 5.82 Å². The molecule has 0 aliphatic carbocycles. The third kappa shape index (κ3) is 3.35. The van der Waals surface area contributed by atoms with Crippen LogP contribution in [0.15, 0.2) is 48.1 Å². The normalized spacial score (nSPS) is 15.4. The molecule has 0 fully saturated rings. The molecular weight excluding hydrogens is 277 g/mol. The topological polar surface area (TPSA) is 20.3 Å². The number of amides is 1. The number of aryl methyl sites for hydroxylation is 1. The summed E-state index contributed by atoms with van der Waals surface area (Å²) in [4.78, 5) is 14.4. The molecule has 3 heteroatoms. The van der Waals surface area contributed by atoms with Crippen molar-refractivity contribution in [3.05, 3.63) is 70.6 Å². The van der Waals surface area contributed by atoms with E-state index in [1.54, 1.807) is 4.90 Å². The van der Waals surface area contributed by atoms with Crippen molar-refractivity contribution in [3.63, 3.8) is 0 Å². The summed E-state index contributed by atoms with van der Waals surface area (Å²) in [6.45, 7) is 6.87. The molecule has 1 aromatic rings. The number of allylic oxidation sites excluding steroid dienone is 4. The molecule has 0 saturated carbocycles. The first-order chi connectivity index (χ1) is 10.6. The van der Waals surface area contributed by atoms with Crippen molar-refractivity contribution in [1.82, 2.24) is 4.90 Å². The highest BCUT2D eigenvalue weighted by molar-refractivity contribution is 6.00. The van der Waals surface area contributed by atoms with Gasteiger partial charge in [0.25, 0.3) is 5.91 Å². The van der Waals surface area contributed by atoms with E-state index in [9.17, 15) is 9.18 Å². The molecule has 0 unspecified atom stereocenters. The van der Waals surface area contributed by atoms with Gasteiger partial charge in [0.15, 0.2) is 0 Å². The van der Waals surface area contributed by atoms with E-state index in [2.05, 4.69) is 0 Å². The second-order valence-corrected chi connectivity index (χ2v) is 5.38. The summed E-state index contributed by atoms with van der Waals surface area (Å²) in [5, 5.41) is 0. The Balaban J connectivity index is 2.28. The van der Waals surface area contributed by atoms with Crippen LogP contribution in [0.2, 0.25) is 0 Å². The summed E-state index contributed by atoms with van der Waals surface area (Å²) in [5.41, 5.74) is 3.34. The van der Waals surface area contributed by atoms with E-state index in [0.29, 0.717) is 25.1 Å². The highest BCUT2D eigenvalue weighted by Crippen LogP contribution is 2.28. The Bertz CT molecular complexity index is 656. The number of carbonyl (C=O) groups is 1. The molecule has 0 spiro atoms. The zero-order chi connectivity index (χ0) is 16.1. The smallest absolute Gasteiger partial charge is 0.255 e. The Morgan fingerprint density at radius 1 is 1.32 bits per heavy atom. The Labute approximate surface area is 131 Å². The van der Waals surface area contributed by atoms with Crippen molar-refractivity contribution in [2.24, 2.45) is 0 Å². The maximum atomic E-state index is 13.7. The van der Waals surface area contributed by atoms with Crippen molar-refractivity contribution in [2.75, 3.05) is 6.54 Å². The average molecular weight is 299 g/mol. The summed E-state index contributed by atoms with van der Waals surface area (Å²) in [6.07, 6.45) is 10.5. The molecule has 116 valence electrons. The number of nitrogens with zero attached hydrogens (tertiary/aromatic N) is 1. The van der Waals surface area contributed by atoms with Gasteiger partial charge >= 0.3 is 0 Å². The number of carbonyl (C=O) groups excluding carboxylic acids is 1. The molecule has 1 aliphatic heterocycles. The second kappa shape index (κ2) is 7.21. The van der Waals surface area contributed by atoms with E-state index in [-0.39, 0.29) is 11.7 Å². The Morgan fingerprint density at radius 3 is 2.73 bits per heavy atom. The quantitative estimate of drug-likeness (QED) is 0.737. The van der Waals surface area contributed by atoms with Crippen molar-refractivity contribution >= 4 is 5.91 Å². The SMILES string of the molecule is C\C=C/C=C(\C=C/C)CN1Cc2cc(F)cc(CC)c2C1=O. The number of hydrogen-bond donors (Lipinski definition) is 0. The zero-order valence-electron chi connectivity index (χ0n) is 13.4. The van der Waals surface area contributed by atoms with Gasteiger partial charge in [-0.15, -0.1) is 0 Å². The molecule has 1 amide bonds. The molecule has 1 heterocycles. The number of hydrogen-bond acceptors (Lipinski definition) is 1. The summed E-state index contributed by atoms with van der Waals surface area (Å²) in [6, 6.07) is 2.96. The first-order valence-corrected chi connectivity index (χ1v) is 7.65. The highest BCUT2D eigenvalue weighted by atomic mass is 19.1. The Morgan fingerprint density at radius 2 is 2.09 bits per heavy atom. The Hall–Kier alpha value is -2.16. The molecule has 0 radical (unpaired) electrons. The van der Waals surface area contributed by atoms with Crippen LogP contribution in [0.25, 0.3) is 0 Å². The summed E-state index contributed by atoms with van der Waals surface area (Å²) in [7, 11) is 0. The molecule has 2 nitrogen and oxygen atoms in total. The van der Waals surface area contributed by atoms with Crippen LogP contribution in [-0.4, -0.2) is 17.4 Å². The van der Waals surface area contributed by atoms with Crippen LogP contribution in [0.4, 0.5) is 4.39 Å². The number of rotatable bonds is 5. The van der Waals surface area contributed by atoms with Gasteiger partial charge in [0.1, 0.15) is 5.82 Å². The van der Waals surface area contributed by atoms with E-state index >= 15 is 0 Å². The zero-order valence-corrected chi connectivity index (χ0v) is 13.4. The largest absolute Gasteiger partial charge is 0.330 e. The van der Waals surface area contributed by atoms with E-state index in [1.165, 1.54) is 12.1 Å². The minimum absolute atomic E-state index is 0.00253. The minimum Gasteiger partial charge on any atom is -0.330 e. The van der Waals surface area contributed by atoms with Gasteiger partial charge in [-0.3, -0.25) is 4.79 Å². The summed E-state index contributed by atoms with van der Waals surface area (Å²) >= 11 is 0. The lowest BCUT2D eigenvalue weighted by molar-refractivity contribution is 0.0792. The monoisotopic (exact) mass is 299 g/mol. The molecule has 1 aliphatic rings.